The Morgan fingerprint density at radius 3 is 2.31 bits per heavy atom. The lowest BCUT2D eigenvalue weighted by molar-refractivity contribution is -0.144. The molecule has 12 heteroatoms. The molecule has 1 aromatic heterocycles. The zero-order valence-electron chi connectivity index (χ0n) is 30.7. The number of nitrogens with one attached hydrogen (secondary N) is 1. The molecule has 2 fully saturated rings. The van der Waals surface area contributed by atoms with E-state index in [1.54, 1.807) is 32.9 Å². The topological polar surface area (TPSA) is 80.6 Å². The Labute approximate surface area is 301 Å². The van der Waals surface area contributed by atoms with Crippen LogP contribution in [0, 0.1) is 43.7 Å². The van der Waals surface area contributed by atoms with Crippen molar-refractivity contribution in [3.63, 3.8) is 0 Å². The molecule has 0 bridgehead atoms. The van der Waals surface area contributed by atoms with Crippen molar-refractivity contribution in [2.24, 2.45) is 11.3 Å². The second-order valence-corrected chi connectivity index (χ2v) is 15.0. The molecule has 7 nitrogen and oxygen atoms in total. The normalized spacial score (nSPS) is 16.7. The SMILES string of the molecule is CCOC(=O)C[C@H](NC(=O)C(CC(C)C)n1cc(CCN2CC3(CCC3)C2)c(C(F)(F)F)cc1=O)c1cc(-c2c(C)ccc(F)c2C)cc(C)c1F. The van der Waals surface area contributed by atoms with E-state index in [0.29, 0.717) is 34.7 Å². The van der Waals surface area contributed by atoms with Gasteiger partial charge in [0.15, 0.2) is 0 Å². The standard InChI is InChI=1S/C40H48F5N3O4/c1-7-52-35(50)19-32(29-17-28(16-25(5)37(29)42)36-24(4)9-10-31(41)26(36)6)46-38(51)33(15-23(2)3)48-20-27(30(18-34(48)49)40(43,44)45)11-14-47-21-39(22-47)12-8-13-39/h9-10,16-18,20,23,32-33H,7-8,11-15,19,21-22H2,1-6H3,(H,46,51)/t32-,33?/m0/s1. The van der Waals surface area contributed by atoms with Crippen molar-refractivity contribution in [3.05, 3.63) is 91.9 Å². The maximum atomic E-state index is 16.0. The highest BCUT2D eigenvalue weighted by Gasteiger charge is 2.47. The minimum atomic E-state index is -4.78. The summed E-state index contributed by atoms with van der Waals surface area (Å²) in [5, 5.41) is 2.75. The smallest absolute Gasteiger partial charge is 0.416 e. The van der Waals surface area contributed by atoms with Crippen molar-refractivity contribution >= 4 is 11.9 Å². The number of esters is 1. The van der Waals surface area contributed by atoms with Crippen LogP contribution in [0.3, 0.4) is 0 Å². The molecule has 52 heavy (non-hydrogen) atoms. The van der Waals surface area contributed by atoms with E-state index >= 15 is 4.39 Å². The fraction of sp³-hybridized carbons (Fsp3) is 0.525. The minimum Gasteiger partial charge on any atom is -0.466 e. The molecule has 2 aliphatic rings. The molecule has 1 amide bonds. The molecule has 2 aromatic carbocycles. The molecule has 1 aliphatic carbocycles. The molecule has 1 aliphatic heterocycles. The van der Waals surface area contributed by atoms with Gasteiger partial charge >= 0.3 is 12.1 Å². The number of carbonyl (C=O) groups excluding carboxylic acids is 2. The van der Waals surface area contributed by atoms with Crippen molar-refractivity contribution in [2.75, 3.05) is 26.2 Å². The van der Waals surface area contributed by atoms with Gasteiger partial charge in [-0.05, 0) is 116 Å². The predicted molar refractivity (Wildman–Crippen MR) is 189 cm³/mol. The van der Waals surface area contributed by atoms with Crippen molar-refractivity contribution in [1.82, 2.24) is 14.8 Å². The van der Waals surface area contributed by atoms with Gasteiger partial charge in [-0.15, -0.1) is 0 Å². The third-order valence-corrected chi connectivity index (χ3v) is 10.6. The van der Waals surface area contributed by atoms with Gasteiger partial charge in [0, 0.05) is 37.5 Å². The molecule has 5 rings (SSSR count). The lowest BCUT2D eigenvalue weighted by atomic mass is 9.63. The van der Waals surface area contributed by atoms with Gasteiger partial charge in [0.05, 0.1) is 24.6 Å². The van der Waals surface area contributed by atoms with E-state index < -0.39 is 59.3 Å². The lowest BCUT2D eigenvalue weighted by Gasteiger charge is -2.56. The predicted octanol–water partition coefficient (Wildman–Crippen LogP) is 8.16. The third-order valence-electron chi connectivity index (χ3n) is 10.6. The van der Waals surface area contributed by atoms with Crippen LogP contribution in [0.5, 0.6) is 0 Å². The number of nitrogens with zero attached hydrogens (tertiary/aromatic N) is 2. The summed E-state index contributed by atoms with van der Waals surface area (Å²) in [6, 6.07) is 3.96. The molecule has 1 spiro atoms. The molecule has 2 atom stereocenters. The minimum absolute atomic E-state index is 0.0286. The number of amides is 1. The molecule has 2 heterocycles. The van der Waals surface area contributed by atoms with Crippen LogP contribution < -0.4 is 10.9 Å². The van der Waals surface area contributed by atoms with E-state index in [2.05, 4.69) is 10.2 Å². The van der Waals surface area contributed by atoms with Gasteiger partial charge in [-0.25, -0.2) is 8.78 Å². The maximum Gasteiger partial charge on any atom is 0.416 e. The molecular weight excluding hydrogens is 681 g/mol. The van der Waals surface area contributed by atoms with E-state index in [0.717, 1.165) is 42.3 Å². The summed E-state index contributed by atoms with van der Waals surface area (Å²) >= 11 is 0. The summed E-state index contributed by atoms with van der Waals surface area (Å²) < 4.78 is 79.6. The van der Waals surface area contributed by atoms with Crippen molar-refractivity contribution in [3.8, 4) is 11.1 Å². The number of alkyl halides is 3. The fourth-order valence-corrected chi connectivity index (χ4v) is 7.78. The van der Waals surface area contributed by atoms with Gasteiger partial charge in [0.25, 0.3) is 5.56 Å². The summed E-state index contributed by atoms with van der Waals surface area (Å²) in [6.45, 7) is 12.2. The Morgan fingerprint density at radius 1 is 1.02 bits per heavy atom. The Balaban J connectivity index is 1.52. The van der Waals surface area contributed by atoms with Gasteiger partial charge in [0.2, 0.25) is 5.91 Å². The fourth-order valence-electron chi connectivity index (χ4n) is 7.78. The Morgan fingerprint density at radius 2 is 1.71 bits per heavy atom. The second-order valence-electron chi connectivity index (χ2n) is 15.0. The number of aryl methyl sites for hydroxylation is 2. The third kappa shape index (κ3) is 8.43. The number of rotatable bonds is 13. The van der Waals surface area contributed by atoms with Crippen LogP contribution in [0.2, 0.25) is 0 Å². The van der Waals surface area contributed by atoms with E-state index in [4.69, 9.17) is 4.74 Å². The number of carbonyl (C=O) groups is 2. The lowest BCUT2D eigenvalue weighted by Crippen LogP contribution is -2.59. The van der Waals surface area contributed by atoms with Gasteiger partial charge in [0.1, 0.15) is 17.7 Å². The maximum absolute atomic E-state index is 16.0. The van der Waals surface area contributed by atoms with E-state index in [9.17, 15) is 31.9 Å². The zero-order valence-corrected chi connectivity index (χ0v) is 30.7. The number of pyridine rings is 1. The van der Waals surface area contributed by atoms with Gasteiger partial charge in [-0.1, -0.05) is 26.3 Å². The van der Waals surface area contributed by atoms with Gasteiger partial charge < -0.3 is 19.5 Å². The zero-order chi connectivity index (χ0) is 38.1. The number of benzene rings is 2. The van der Waals surface area contributed by atoms with Crippen molar-refractivity contribution in [1.29, 1.82) is 0 Å². The largest absolute Gasteiger partial charge is 0.466 e. The van der Waals surface area contributed by atoms with E-state index in [1.165, 1.54) is 25.5 Å². The van der Waals surface area contributed by atoms with Crippen LogP contribution in [0.4, 0.5) is 22.0 Å². The quantitative estimate of drug-likeness (QED) is 0.142. The van der Waals surface area contributed by atoms with Gasteiger partial charge in [-0.3, -0.25) is 14.4 Å². The van der Waals surface area contributed by atoms with Crippen LogP contribution in [-0.4, -0.2) is 47.6 Å². The summed E-state index contributed by atoms with van der Waals surface area (Å²) in [5.74, 6) is -2.83. The first-order valence-electron chi connectivity index (χ1n) is 18.0. The number of hydrogen-bond acceptors (Lipinski definition) is 5. The highest BCUT2D eigenvalue weighted by Crippen LogP contribution is 2.48. The van der Waals surface area contributed by atoms with Crippen LogP contribution in [0.25, 0.3) is 11.1 Å². The summed E-state index contributed by atoms with van der Waals surface area (Å²) in [5.41, 5.74) is 0.369. The van der Waals surface area contributed by atoms with E-state index in [-0.39, 0.29) is 42.1 Å². The Bertz CT molecular complexity index is 1870. The van der Waals surface area contributed by atoms with Crippen molar-refractivity contribution < 1.29 is 36.3 Å². The molecule has 3 aromatic rings. The molecule has 1 saturated heterocycles. The molecule has 0 radical (unpaired) electrons. The summed E-state index contributed by atoms with van der Waals surface area (Å²) in [7, 11) is 0. The molecule has 1 unspecified atom stereocenters. The highest BCUT2D eigenvalue weighted by molar-refractivity contribution is 5.82. The molecular formula is C40H48F5N3O4. The molecule has 282 valence electrons. The Hall–Kier alpha value is -4.06. The van der Waals surface area contributed by atoms with Gasteiger partial charge in [-0.2, -0.15) is 13.2 Å². The number of aromatic nitrogens is 1. The first-order chi connectivity index (χ1) is 24.4. The molecule has 1 N–H and O–H groups in total. The first kappa shape index (κ1) is 39.2. The average molecular weight is 730 g/mol. The van der Waals surface area contributed by atoms with Crippen LogP contribution in [0.15, 0.2) is 41.3 Å². The summed E-state index contributed by atoms with van der Waals surface area (Å²) in [4.78, 5) is 42.7. The number of hydrogen-bond donors (Lipinski definition) is 1. The summed E-state index contributed by atoms with van der Waals surface area (Å²) in [6.07, 6.45) is -0.592. The number of halogens is 5. The molecule has 1 saturated carbocycles. The monoisotopic (exact) mass is 729 g/mol. The van der Waals surface area contributed by atoms with Crippen molar-refractivity contribution in [2.45, 2.75) is 98.3 Å². The number of ether oxygens (including phenoxy) is 1. The average Bonchev–Trinajstić information content (AvgIpc) is 3.01. The second kappa shape index (κ2) is 15.5. The first-order valence-corrected chi connectivity index (χ1v) is 18.0. The van der Waals surface area contributed by atoms with Crippen LogP contribution in [0.1, 0.15) is 98.3 Å². The number of likely N-dealkylation sites (tertiary alicyclic amines) is 1. The highest BCUT2D eigenvalue weighted by atomic mass is 19.4. The van der Waals surface area contributed by atoms with E-state index in [1.807, 2.05) is 13.8 Å². The van der Waals surface area contributed by atoms with Crippen LogP contribution >= 0.6 is 0 Å². The Kier molecular flexibility index (Phi) is 11.7. The van der Waals surface area contributed by atoms with Crippen LogP contribution in [-0.2, 0) is 26.9 Å².